The monoisotopic (exact) mass is 475 g/mol. The van der Waals surface area contributed by atoms with Crippen LogP contribution in [0.4, 0.5) is 0 Å². The summed E-state index contributed by atoms with van der Waals surface area (Å²) in [7, 11) is 1.61. The minimum Gasteiger partial charge on any atom is -0.481 e. The van der Waals surface area contributed by atoms with Crippen molar-refractivity contribution in [2.45, 2.75) is 33.7 Å². The predicted octanol–water partition coefficient (Wildman–Crippen LogP) is 3.08. The summed E-state index contributed by atoms with van der Waals surface area (Å²) in [5, 5.41) is 7.75. The molecule has 6 nitrogen and oxygen atoms in total. The quantitative estimate of drug-likeness (QED) is 0.366. The van der Waals surface area contributed by atoms with Crippen LogP contribution < -0.4 is 15.4 Å². The molecule has 0 aromatic carbocycles. The molecule has 0 bridgehead atoms. The molecule has 8 heteroatoms. The number of halogens is 1. The largest absolute Gasteiger partial charge is 0.481 e. The number of aryl methyl sites for hydroxylation is 2. The number of pyridine rings is 1. The topological polar surface area (TPSA) is 71.4 Å². The SMILES string of the molecule is CCNC(=NCc1cccc(OC)n1)NCCc1nc(C)c(C)s1.I. The van der Waals surface area contributed by atoms with E-state index in [-0.39, 0.29) is 24.0 Å². The van der Waals surface area contributed by atoms with Crippen LogP contribution in [-0.2, 0) is 13.0 Å². The van der Waals surface area contributed by atoms with E-state index in [4.69, 9.17) is 4.74 Å². The van der Waals surface area contributed by atoms with Crippen molar-refractivity contribution in [3.05, 3.63) is 39.5 Å². The van der Waals surface area contributed by atoms with Crippen molar-refractivity contribution >= 4 is 41.3 Å². The Labute approximate surface area is 170 Å². The van der Waals surface area contributed by atoms with Crippen molar-refractivity contribution in [2.24, 2.45) is 4.99 Å². The number of rotatable bonds is 7. The maximum atomic E-state index is 5.14. The van der Waals surface area contributed by atoms with Crippen LogP contribution in [-0.4, -0.2) is 36.1 Å². The van der Waals surface area contributed by atoms with E-state index >= 15 is 0 Å². The van der Waals surface area contributed by atoms with Gasteiger partial charge in [0.25, 0.3) is 0 Å². The molecular weight excluding hydrogens is 449 g/mol. The van der Waals surface area contributed by atoms with Crippen molar-refractivity contribution in [1.82, 2.24) is 20.6 Å². The van der Waals surface area contributed by atoms with Gasteiger partial charge in [-0.25, -0.2) is 15.0 Å². The van der Waals surface area contributed by atoms with Crippen LogP contribution in [0.15, 0.2) is 23.2 Å². The maximum absolute atomic E-state index is 5.14. The second kappa shape index (κ2) is 11.2. The molecule has 0 saturated heterocycles. The van der Waals surface area contributed by atoms with E-state index in [9.17, 15) is 0 Å². The van der Waals surface area contributed by atoms with Crippen LogP contribution in [0, 0.1) is 13.8 Å². The lowest BCUT2D eigenvalue weighted by Crippen LogP contribution is -2.38. The summed E-state index contributed by atoms with van der Waals surface area (Å²) < 4.78 is 5.14. The third-order valence-corrected chi connectivity index (χ3v) is 4.57. The molecule has 2 aromatic heterocycles. The van der Waals surface area contributed by atoms with Crippen LogP contribution in [0.1, 0.15) is 28.2 Å². The average Bonchev–Trinajstić information content (AvgIpc) is 2.91. The molecule has 0 amide bonds. The molecule has 0 atom stereocenters. The van der Waals surface area contributed by atoms with Gasteiger partial charge >= 0.3 is 0 Å². The molecule has 2 aromatic rings. The zero-order valence-electron chi connectivity index (χ0n) is 15.1. The summed E-state index contributed by atoms with van der Waals surface area (Å²) >= 11 is 1.76. The summed E-state index contributed by atoms with van der Waals surface area (Å²) in [6, 6.07) is 5.69. The van der Waals surface area contributed by atoms with Crippen LogP contribution in [0.25, 0.3) is 0 Å². The predicted molar refractivity (Wildman–Crippen MR) is 114 cm³/mol. The fourth-order valence-electron chi connectivity index (χ4n) is 2.10. The Hall–Kier alpha value is -1.42. The summed E-state index contributed by atoms with van der Waals surface area (Å²) in [5.41, 5.74) is 2.00. The first-order valence-corrected chi connectivity index (χ1v) is 8.89. The Bertz CT molecular complexity index is 670. The lowest BCUT2D eigenvalue weighted by Gasteiger charge is -2.10. The first-order chi connectivity index (χ1) is 11.6. The van der Waals surface area contributed by atoms with E-state index in [0.717, 1.165) is 41.9 Å². The van der Waals surface area contributed by atoms with Crippen molar-refractivity contribution in [1.29, 1.82) is 0 Å². The highest BCUT2D eigenvalue weighted by atomic mass is 127. The third kappa shape index (κ3) is 7.15. The van der Waals surface area contributed by atoms with Gasteiger partial charge in [-0.05, 0) is 26.8 Å². The standard InChI is InChI=1S/C17H25N5OS.HI/c1-5-18-17(19-10-9-16-21-12(2)13(3)24-16)20-11-14-7-6-8-15(22-14)23-4;/h6-8H,5,9-11H2,1-4H3,(H2,18,19,20);1H. The van der Waals surface area contributed by atoms with Gasteiger partial charge in [0.15, 0.2) is 5.96 Å². The molecule has 0 aliphatic heterocycles. The molecule has 0 aliphatic carbocycles. The number of thiazole rings is 1. The van der Waals surface area contributed by atoms with Crippen LogP contribution >= 0.6 is 35.3 Å². The number of hydrogen-bond acceptors (Lipinski definition) is 5. The Kier molecular flexibility index (Phi) is 9.73. The van der Waals surface area contributed by atoms with Crippen molar-refractivity contribution < 1.29 is 4.74 Å². The molecule has 0 radical (unpaired) electrons. The molecule has 2 N–H and O–H groups in total. The number of guanidine groups is 1. The van der Waals surface area contributed by atoms with Gasteiger partial charge in [0.1, 0.15) is 0 Å². The molecule has 0 aliphatic rings. The Balaban J connectivity index is 0.00000312. The zero-order chi connectivity index (χ0) is 17.4. The molecule has 2 heterocycles. The van der Waals surface area contributed by atoms with Crippen molar-refractivity contribution in [2.75, 3.05) is 20.2 Å². The number of aliphatic imine (C=N–C) groups is 1. The van der Waals surface area contributed by atoms with Gasteiger partial charge in [0.2, 0.25) is 5.88 Å². The number of nitrogens with one attached hydrogen (secondary N) is 2. The van der Waals surface area contributed by atoms with Crippen molar-refractivity contribution in [3.63, 3.8) is 0 Å². The van der Waals surface area contributed by atoms with E-state index < -0.39 is 0 Å². The number of nitrogens with zero attached hydrogens (tertiary/aromatic N) is 3. The number of methoxy groups -OCH3 is 1. The van der Waals surface area contributed by atoms with Gasteiger partial charge in [-0.2, -0.15) is 0 Å². The van der Waals surface area contributed by atoms with Gasteiger partial charge in [-0.3, -0.25) is 0 Å². The highest BCUT2D eigenvalue weighted by molar-refractivity contribution is 14.0. The molecule has 0 spiro atoms. The maximum Gasteiger partial charge on any atom is 0.213 e. The van der Waals surface area contributed by atoms with E-state index in [1.165, 1.54) is 4.88 Å². The molecule has 25 heavy (non-hydrogen) atoms. The van der Waals surface area contributed by atoms with Crippen molar-refractivity contribution in [3.8, 4) is 5.88 Å². The summed E-state index contributed by atoms with van der Waals surface area (Å²) in [5.74, 6) is 1.39. The molecule has 2 rings (SSSR count). The van der Waals surface area contributed by atoms with Gasteiger partial charge in [-0.15, -0.1) is 35.3 Å². The molecule has 138 valence electrons. The highest BCUT2D eigenvalue weighted by Gasteiger charge is 2.04. The average molecular weight is 475 g/mol. The van der Waals surface area contributed by atoms with E-state index in [0.29, 0.717) is 12.4 Å². The van der Waals surface area contributed by atoms with Gasteiger partial charge in [-0.1, -0.05) is 6.07 Å². The van der Waals surface area contributed by atoms with Gasteiger partial charge in [0, 0.05) is 30.5 Å². The minimum absolute atomic E-state index is 0. The van der Waals surface area contributed by atoms with Gasteiger partial charge < -0.3 is 15.4 Å². The Morgan fingerprint density at radius 1 is 1.24 bits per heavy atom. The smallest absolute Gasteiger partial charge is 0.213 e. The minimum atomic E-state index is 0. The lowest BCUT2D eigenvalue weighted by molar-refractivity contribution is 0.396. The Morgan fingerprint density at radius 2 is 2.04 bits per heavy atom. The molecule has 0 unspecified atom stereocenters. The molecule has 0 saturated carbocycles. The van der Waals surface area contributed by atoms with Crippen LogP contribution in [0.3, 0.4) is 0 Å². The Morgan fingerprint density at radius 3 is 2.68 bits per heavy atom. The first kappa shape index (κ1) is 21.6. The van der Waals surface area contributed by atoms with Gasteiger partial charge in [0.05, 0.1) is 30.1 Å². The summed E-state index contributed by atoms with van der Waals surface area (Å²) in [6.45, 7) is 8.32. The number of ether oxygens (including phenoxy) is 1. The lowest BCUT2D eigenvalue weighted by atomic mass is 10.3. The molecule has 0 fully saturated rings. The second-order valence-corrected chi connectivity index (χ2v) is 6.58. The van der Waals surface area contributed by atoms with Crippen LogP contribution in [0.5, 0.6) is 5.88 Å². The highest BCUT2D eigenvalue weighted by Crippen LogP contribution is 2.16. The molecular formula is C17H26IN5OS. The fraction of sp³-hybridized carbons (Fsp3) is 0.471. The summed E-state index contributed by atoms with van der Waals surface area (Å²) in [6.07, 6.45) is 0.890. The summed E-state index contributed by atoms with van der Waals surface area (Å²) in [4.78, 5) is 14.8. The zero-order valence-corrected chi connectivity index (χ0v) is 18.3. The fourth-order valence-corrected chi connectivity index (χ4v) is 3.03. The van der Waals surface area contributed by atoms with Crippen LogP contribution in [0.2, 0.25) is 0 Å². The van der Waals surface area contributed by atoms with E-state index in [1.807, 2.05) is 18.2 Å². The third-order valence-electron chi connectivity index (χ3n) is 3.44. The normalized spacial score (nSPS) is 11.0. The first-order valence-electron chi connectivity index (χ1n) is 8.07. The second-order valence-electron chi connectivity index (χ2n) is 5.29. The number of hydrogen-bond donors (Lipinski definition) is 2. The number of aromatic nitrogens is 2. The van der Waals surface area contributed by atoms with E-state index in [1.54, 1.807) is 18.4 Å². The van der Waals surface area contributed by atoms with E-state index in [2.05, 4.69) is 46.4 Å².